The molecule has 0 atom stereocenters. The fourth-order valence-corrected chi connectivity index (χ4v) is 0.993. The molecule has 1 N–H and O–H groups in total. The highest BCUT2D eigenvalue weighted by Gasteiger charge is 2.16. The van der Waals surface area contributed by atoms with Crippen molar-refractivity contribution in [3.05, 3.63) is 17.3 Å². The molecule has 0 aliphatic rings. The van der Waals surface area contributed by atoms with Crippen LogP contribution in [-0.2, 0) is 0 Å². The molecule has 1 rings (SSSR count). The molecule has 0 radical (unpaired) electrons. The number of aryl methyl sites for hydroxylation is 1. The Kier molecular flexibility index (Phi) is 2.70. The fraction of sp³-hybridized carbons (Fsp3) is 0.556. The van der Waals surface area contributed by atoms with Crippen molar-refractivity contribution in [2.24, 2.45) is 0 Å². The van der Waals surface area contributed by atoms with Crippen molar-refractivity contribution < 1.29 is 9.21 Å². The van der Waals surface area contributed by atoms with E-state index in [-0.39, 0.29) is 11.8 Å². The van der Waals surface area contributed by atoms with Crippen molar-refractivity contribution in [3.63, 3.8) is 0 Å². The second kappa shape index (κ2) is 3.60. The molecule has 1 amide bonds. The highest BCUT2D eigenvalue weighted by Crippen LogP contribution is 2.17. The lowest BCUT2D eigenvalue weighted by atomic mass is 10.2. The molecule has 1 aromatic heterocycles. The molecule has 1 heterocycles. The number of carbonyl (C=O) groups is 1. The van der Waals surface area contributed by atoms with E-state index in [1.807, 2.05) is 13.8 Å². The molecule has 1 aromatic rings. The first-order valence-corrected chi connectivity index (χ1v) is 4.25. The van der Waals surface area contributed by atoms with Crippen molar-refractivity contribution in [2.75, 3.05) is 7.05 Å². The van der Waals surface area contributed by atoms with Gasteiger partial charge in [-0.05, 0) is 6.92 Å². The van der Waals surface area contributed by atoms with E-state index < -0.39 is 0 Å². The van der Waals surface area contributed by atoms with Gasteiger partial charge in [-0.3, -0.25) is 4.79 Å². The number of hydrogen-bond donors (Lipinski definition) is 1. The normalized spacial score (nSPS) is 10.5. The Bertz CT molecular complexity index is 315. The summed E-state index contributed by atoms with van der Waals surface area (Å²) in [4.78, 5) is 15.3. The van der Waals surface area contributed by atoms with Gasteiger partial charge >= 0.3 is 0 Å². The number of aromatic nitrogens is 1. The monoisotopic (exact) mass is 182 g/mol. The van der Waals surface area contributed by atoms with Crippen molar-refractivity contribution in [1.29, 1.82) is 0 Å². The van der Waals surface area contributed by atoms with E-state index in [9.17, 15) is 4.79 Å². The van der Waals surface area contributed by atoms with Gasteiger partial charge in [0.25, 0.3) is 5.91 Å². The molecule has 0 saturated carbocycles. The van der Waals surface area contributed by atoms with Crippen molar-refractivity contribution in [2.45, 2.75) is 26.7 Å². The summed E-state index contributed by atoms with van der Waals surface area (Å²) in [5.74, 6) is 1.18. The highest BCUT2D eigenvalue weighted by molar-refractivity contribution is 5.92. The van der Waals surface area contributed by atoms with Gasteiger partial charge in [0.1, 0.15) is 5.76 Å². The van der Waals surface area contributed by atoms with Crippen LogP contribution < -0.4 is 5.32 Å². The van der Waals surface area contributed by atoms with Crippen LogP contribution in [0.1, 0.15) is 41.9 Å². The molecule has 0 aliphatic heterocycles. The van der Waals surface area contributed by atoms with Crippen LogP contribution in [0, 0.1) is 6.92 Å². The maximum absolute atomic E-state index is 11.2. The highest BCUT2D eigenvalue weighted by atomic mass is 16.4. The lowest BCUT2D eigenvalue weighted by molar-refractivity contribution is 0.0957. The number of amides is 1. The van der Waals surface area contributed by atoms with Crippen LogP contribution >= 0.6 is 0 Å². The van der Waals surface area contributed by atoms with Crippen molar-refractivity contribution in [3.8, 4) is 0 Å². The van der Waals surface area contributed by atoms with Crippen LogP contribution in [0.2, 0.25) is 0 Å². The summed E-state index contributed by atoms with van der Waals surface area (Å²) in [6, 6.07) is 0. The van der Waals surface area contributed by atoms with Gasteiger partial charge in [-0.1, -0.05) is 13.8 Å². The summed E-state index contributed by atoms with van der Waals surface area (Å²) in [6.45, 7) is 5.68. The lowest BCUT2D eigenvalue weighted by Gasteiger charge is -1.94. The SMILES string of the molecule is CNC(=O)c1nc(C(C)C)oc1C. The topological polar surface area (TPSA) is 55.1 Å². The summed E-state index contributed by atoms with van der Waals surface area (Å²) in [5, 5.41) is 2.51. The Morgan fingerprint density at radius 1 is 1.54 bits per heavy atom. The van der Waals surface area contributed by atoms with Gasteiger partial charge in [0, 0.05) is 13.0 Å². The first kappa shape index (κ1) is 9.77. The Morgan fingerprint density at radius 3 is 2.54 bits per heavy atom. The van der Waals surface area contributed by atoms with E-state index in [0.717, 1.165) is 0 Å². The Labute approximate surface area is 77.3 Å². The minimum atomic E-state index is -0.201. The zero-order valence-corrected chi connectivity index (χ0v) is 8.34. The zero-order valence-electron chi connectivity index (χ0n) is 8.34. The number of nitrogens with one attached hydrogen (secondary N) is 1. The van der Waals surface area contributed by atoms with Gasteiger partial charge in [-0.2, -0.15) is 0 Å². The van der Waals surface area contributed by atoms with Crippen LogP contribution in [0.5, 0.6) is 0 Å². The Balaban J connectivity index is 3.03. The van der Waals surface area contributed by atoms with Crippen molar-refractivity contribution in [1.82, 2.24) is 10.3 Å². The molecule has 0 bridgehead atoms. The first-order valence-electron chi connectivity index (χ1n) is 4.25. The third-order valence-electron chi connectivity index (χ3n) is 1.75. The van der Waals surface area contributed by atoms with Crippen LogP contribution in [-0.4, -0.2) is 17.9 Å². The molecule has 0 spiro atoms. The van der Waals surface area contributed by atoms with E-state index in [2.05, 4.69) is 10.3 Å². The van der Waals surface area contributed by atoms with Crippen LogP contribution in [0.4, 0.5) is 0 Å². The molecule has 4 heteroatoms. The number of carbonyl (C=O) groups excluding carboxylic acids is 1. The average molecular weight is 182 g/mol. The van der Waals surface area contributed by atoms with Crippen LogP contribution in [0.15, 0.2) is 4.42 Å². The van der Waals surface area contributed by atoms with E-state index >= 15 is 0 Å². The molecule has 0 aromatic carbocycles. The third-order valence-corrected chi connectivity index (χ3v) is 1.75. The molecule has 4 nitrogen and oxygen atoms in total. The molecule has 0 unspecified atom stereocenters. The molecule has 72 valence electrons. The van der Waals surface area contributed by atoms with E-state index in [0.29, 0.717) is 17.3 Å². The molecule has 0 aliphatic carbocycles. The second-order valence-corrected chi connectivity index (χ2v) is 3.19. The minimum absolute atomic E-state index is 0.201. The summed E-state index contributed by atoms with van der Waals surface area (Å²) in [6.07, 6.45) is 0. The Morgan fingerprint density at radius 2 is 2.15 bits per heavy atom. The molecular formula is C9H14N2O2. The van der Waals surface area contributed by atoms with E-state index in [4.69, 9.17) is 4.42 Å². The predicted octanol–water partition coefficient (Wildman–Crippen LogP) is 1.47. The Hall–Kier alpha value is -1.32. The fourth-order valence-electron chi connectivity index (χ4n) is 0.993. The second-order valence-electron chi connectivity index (χ2n) is 3.19. The maximum atomic E-state index is 11.2. The largest absolute Gasteiger partial charge is 0.445 e. The summed E-state index contributed by atoms with van der Waals surface area (Å²) in [5.41, 5.74) is 0.381. The maximum Gasteiger partial charge on any atom is 0.273 e. The molecule has 0 fully saturated rings. The molecular weight excluding hydrogens is 168 g/mol. The number of nitrogens with zero attached hydrogens (tertiary/aromatic N) is 1. The zero-order chi connectivity index (χ0) is 10.0. The number of rotatable bonds is 2. The lowest BCUT2D eigenvalue weighted by Crippen LogP contribution is -2.19. The van der Waals surface area contributed by atoms with E-state index in [1.54, 1.807) is 14.0 Å². The molecule has 0 saturated heterocycles. The first-order chi connectivity index (χ1) is 6.06. The standard InChI is InChI=1S/C9H14N2O2/c1-5(2)9-11-7(6(3)13-9)8(12)10-4/h5H,1-4H3,(H,10,12). The number of hydrogen-bond acceptors (Lipinski definition) is 3. The van der Waals surface area contributed by atoms with Gasteiger partial charge in [0.15, 0.2) is 11.6 Å². The van der Waals surface area contributed by atoms with Gasteiger partial charge in [0.05, 0.1) is 0 Å². The average Bonchev–Trinajstić information content (AvgIpc) is 2.46. The summed E-state index contributed by atoms with van der Waals surface area (Å²) < 4.78 is 5.33. The van der Waals surface area contributed by atoms with Crippen LogP contribution in [0.3, 0.4) is 0 Å². The van der Waals surface area contributed by atoms with Crippen molar-refractivity contribution >= 4 is 5.91 Å². The summed E-state index contributed by atoms with van der Waals surface area (Å²) in [7, 11) is 1.57. The summed E-state index contributed by atoms with van der Waals surface area (Å²) >= 11 is 0. The minimum Gasteiger partial charge on any atom is -0.445 e. The van der Waals surface area contributed by atoms with Crippen LogP contribution in [0.25, 0.3) is 0 Å². The van der Waals surface area contributed by atoms with Gasteiger partial charge in [0.2, 0.25) is 0 Å². The van der Waals surface area contributed by atoms with E-state index in [1.165, 1.54) is 0 Å². The van der Waals surface area contributed by atoms with Gasteiger partial charge < -0.3 is 9.73 Å². The quantitative estimate of drug-likeness (QED) is 0.753. The third kappa shape index (κ3) is 1.88. The van der Waals surface area contributed by atoms with Gasteiger partial charge in [-0.25, -0.2) is 4.98 Å². The molecule has 13 heavy (non-hydrogen) atoms. The number of oxazole rings is 1. The van der Waals surface area contributed by atoms with Gasteiger partial charge in [-0.15, -0.1) is 0 Å². The predicted molar refractivity (Wildman–Crippen MR) is 48.7 cm³/mol. The smallest absolute Gasteiger partial charge is 0.273 e.